The number of ether oxygens (including phenoxy) is 2. The van der Waals surface area contributed by atoms with Crippen molar-refractivity contribution >= 4 is 29.9 Å². The number of benzene rings is 1. The Morgan fingerprint density at radius 1 is 1.45 bits per heavy atom. The van der Waals surface area contributed by atoms with E-state index in [2.05, 4.69) is 15.6 Å². The monoisotopic (exact) mass is 445 g/mol. The van der Waals surface area contributed by atoms with Gasteiger partial charge >= 0.3 is 0 Å². The number of aromatic nitrogens is 1. The van der Waals surface area contributed by atoms with Gasteiger partial charge in [-0.1, -0.05) is 17.7 Å². The highest BCUT2D eigenvalue weighted by Gasteiger charge is 2.30. The maximum atomic E-state index is 13.9. The first-order valence-electron chi connectivity index (χ1n) is 8.88. The van der Waals surface area contributed by atoms with E-state index in [0.717, 1.165) is 0 Å². The number of nitrogens with zero attached hydrogens (tertiary/aromatic N) is 1. The lowest BCUT2D eigenvalue weighted by Gasteiger charge is -2.26. The molecule has 0 spiro atoms. The van der Waals surface area contributed by atoms with Crippen LogP contribution in [0.4, 0.5) is 4.39 Å². The van der Waals surface area contributed by atoms with E-state index in [-0.39, 0.29) is 42.0 Å². The molecule has 1 fully saturated rings. The van der Waals surface area contributed by atoms with Crippen LogP contribution in [0.5, 0.6) is 5.88 Å². The van der Waals surface area contributed by atoms with E-state index in [0.29, 0.717) is 25.3 Å². The number of pyridine rings is 1. The Labute approximate surface area is 179 Å². The molecule has 3 rings (SSSR count). The molecule has 1 amide bonds. The zero-order chi connectivity index (χ0) is 19.9. The summed E-state index contributed by atoms with van der Waals surface area (Å²) in [6.45, 7) is 1.39. The summed E-state index contributed by atoms with van der Waals surface area (Å²) >= 11 is 5.78. The molecule has 10 heteroatoms. The van der Waals surface area contributed by atoms with E-state index < -0.39 is 23.9 Å². The van der Waals surface area contributed by atoms with Crippen molar-refractivity contribution < 1.29 is 23.8 Å². The SMILES string of the molecule is Cl.O=C(NCCO)c1cccnc1O[C@@H]1CNCCO[C@H]1c1ccc(Cl)c(F)c1. The number of rotatable bonds is 6. The Morgan fingerprint density at radius 2 is 2.28 bits per heavy atom. The first-order valence-corrected chi connectivity index (χ1v) is 9.26. The molecule has 29 heavy (non-hydrogen) atoms. The van der Waals surface area contributed by atoms with Crippen LogP contribution in [-0.4, -0.2) is 54.9 Å². The quantitative estimate of drug-likeness (QED) is 0.630. The summed E-state index contributed by atoms with van der Waals surface area (Å²) < 4.78 is 25.9. The largest absolute Gasteiger partial charge is 0.469 e. The predicted octanol–water partition coefficient (Wildman–Crippen LogP) is 2.13. The fraction of sp³-hybridized carbons (Fsp3) is 0.368. The second-order valence-corrected chi connectivity index (χ2v) is 6.57. The van der Waals surface area contributed by atoms with Crippen molar-refractivity contribution in [3.63, 3.8) is 0 Å². The number of carbonyl (C=O) groups is 1. The van der Waals surface area contributed by atoms with Gasteiger partial charge in [0.1, 0.15) is 23.6 Å². The van der Waals surface area contributed by atoms with Crippen LogP contribution < -0.4 is 15.4 Å². The molecule has 1 saturated heterocycles. The first kappa shape index (κ1) is 23.3. The molecule has 1 aliphatic heterocycles. The fourth-order valence-electron chi connectivity index (χ4n) is 2.89. The zero-order valence-corrected chi connectivity index (χ0v) is 17.0. The van der Waals surface area contributed by atoms with Gasteiger partial charge in [-0.3, -0.25) is 4.79 Å². The highest BCUT2D eigenvalue weighted by atomic mass is 35.5. The Balaban J connectivity index is 0.00000300. The lowest BCUT2D eigenvalue weighted by atomic mass is 10.0. The van der Waals surface area contributed by atoms with Crippen LogP contribution in [0.15, 0.2) is 36.5 Å². The van der Waals surface area contributed by atoms with Gasteiger partial charge in [0.25, 0.3) is 5.91 Å². The van der Waals surface area contributed by atoms with Crippen molar-refractivity contribution in [1.29, 1.82) is 0 Å². The summed E-state index contributed by atoms with van der Waals surface area (Å²) in [7, 11) is 0. The van der Waals surface area contributed by atoms with Crippen LogP contribution in [0, 0.1) is 5.82 Å². The third-order valence-corrected chi connectivity index (χ3v) is 4.51. The average molecular weight is 446 g/mol. The van der Waals surface area contributed by atoms with Crippen LogP contribution >= 0.6 is 24.0 Å². The average Bonchev–Trinajstić information content (AvgIpc) is 2.94. The van der Waals surface area contributed by atoms with Crippen molar-refractivity contribution in [1.82, 2.24) is 15.6 Å². The molecule has 2 atom stereocenters. The first-order chi connectivity index (χ1) is 13.6. The number of aliphatic hydroxyl groups is 1. The minimum atomic E-state index is -0.572. The van der Waals surface area contributed by atoms with E-state index in [4.69, 9.17) is 26.2 Å². The van der Waals surface area contributed by atoms with Crippen molar-refractivity contribution in [3.8, 4) is 5.88 Å². The second kappa shape index (κ2) is 11.3. The van der Waals surface area contributed by atoms with E-state index in [9.17, 15) is 9.18 Å². The summed E-state index contributed by atoms with van der Waals surface area (Å²) in [6, 6.07) is 7.68. The molecule has 0 aliphatic carbocycles. The van der Waals surface area contributed by atoms with Crippen molar-refractivity contribution in [2.24, 2.45) is 0 Å². The topological polar surface area (TPSA) is 92.7 Å². The molecular weight excluding hydrogens is 424 g/mol. The van der Waals surface area contributed by atoms with Crippen molar-refractivity contribution in [2.75, 3.05) is 32.8 Å². The van der Waals surface area contributed by atoms with Crippen molar-refractivity contribution in [3.05, 3.63) is 58.5 Å². The van der Waals surface area contributed by atoms with Gasteiger partial charge in [0, 0.05) is 25.8 Å². The van der Waals surface area contributed by atoms with E-state index >= 15 is 0 Å². The summed E-state index contributed by atoms with van der Waals surface area (Å²) in [5.41, 5.74) is 0.819. The number of aliphatic hydroxyl groups excluding tert-OH is 1. The molecule has 0 saturated carbocycles. The van der Waals surface area contributed by atoms with Gasteiger partial charge in [-0.25, -0.2) is 9.37 Å². The van der Waals surface area contributed by atoms with Gasteiger partial charge in [0.05, 0.1) is 18.2 Å². The molecule has 1 aromatic carbocycles. The van der Waals surface area contributed by atoms with Crippen LogP contribution in [0.1, 0.15) is 22.0 Å². The van der Waals surface area contributed by atoms with Crippen LogP contribution in [0.25, 0.3) is 0 Å². The fourth-order valence-corrected chi connectivity index (χ4v) is 3.00. The summed E-state index contributed by atoms with van der Waals surface area (Å²) in [5, 5.41) is 14.7. The molecule has 0 radical (unpaired) electrons. The third-order valence-electron chi connectivity index (χ3n) is 4.21. The van der Waals surface area contributed by atoms with Crippen molar-refractivity contribution in [2.45, 2.75) is 12.2 Å². The maximum Gasteiger partial charge on any atom is 0.256 e. The summed E-state index contributed by atoms with van der Waals surface area (Å²) in [6.07, 6.45) is 0.389. The molecule has 1 aliphatic rings. The smallest absolute Gasteiger partial charge is 0.256 e. The number of nitrogens with one attached hydrogen (secondary N) is 2. The molecular formula is C19H22Cl2FN3O4. The normalized spacial score (nSPS) is 19.0. The van der Waals surface area contributed by atoms with Crippen LogP contribution in [0.3, 0.4) is 0 Å². The van der Waals surface area contributed by atoms with Gasteiger partial charge < -0.3 is 25.2 Å². The van der Waals surface area contributed by atoms with E-state index in [1.54, 1.807) is 18.2 Å². The highest BCUT2D eigenvalue weighted by Crippen LogP contribution is 2.29. The number of hydrogen-bond acceptors (Lipinski definition) is 6. The number of hydrogen-bond donors (Lipinski definition) is 3. The molecule has 1 aromatic heterocycles. The second-order valence-electron chi connectivity index (χ2n) is 6.16. The minimum absolute atomic E-state index is 0. The summed E-state index contributed by atoms with van der Waals surface area (Å²) in [4.78, 5) is 16.5. The number of amides is 1. The Bertz CT molecular complexity index is 828. The Kier molecular flexibility index (Phi) is 9.06. The molecule has 2 heterocycles. The molecule has 2 aromatic rings. The van der Waals surface area contributed by atoms with Gasteiger partial charge in [-0.05, 0) is 29.8 Å². The number of carbonyl (C=O) groups excluding carboxylic acids is 1. The molecule has 158 valence electrons. The third kappa shape index (κ3) is 6.01. The standard InChI is InChI=1S/C19H21ClFN3O4.ClH/c20-14-4-3-12(10-15(14)21)17-16(11-22-7-9-27-17)28-19-13(2-1-5-24-19)18(26)23-6-8-25;/h1-5,10,16-17,22,25H,6-9,11H2,(H,23,26);1H/t16-,17+;/m1./s1. The maximum absolute atomic E-state index is 13.9. The van der Waals surface area contributed by atoms with Gasteiger partial charge in [-0.2, -0.15) is 0 Å². The van der Waals surface area contributed by atoms with Gasteiger partial charge in [0.15, 0.2) is 0 Å². The number of halogens is 3. The van der Waals surface area contributed by atoms with Gasteiger partial charge in [-0.15, -0.1) is 12.4 Å². The molecule has 0 bridgehead atoms. The van der Waals surface area contributed by atoms with Crippen LogP contribution in [-0.2, 0) is 4.74 Å². The lowest BCUT2D eigenvalue weighted by Crippen LogP contribution is -2.35. The predicted molar refractivity (Wildman–Crippen MR) is 108 cm³/mol. The Morgan fingerprint density at radius 3 is 3.03 bits per heavy atom. The van der Waals surface area contributed by atoms with E-state index in [1.807, 2.05) is 0 Å². The zero-order valence-electron chi connectivity index (χ0n) is 15.4. The molecule has 0 unspecified atom stereocenters. The van der Waals surface area contributed by atoms with Gasteiger partial charge in [0.2, 0.25) is 5.88 Å². The molecule has 7 nitrogen and oxygen atoms in total. The molecule has 3 N–H and O–H groups in total. The minimum Gasteiger partial charge on any atom is -0.469 e. The highest BCUT2D eigenvalue weighted by molar-refractivity contribution is 6.30. The van der Waals surface area contributed by atoms with Crippen LogP contribution in [0.2, 0.25) is 5.02 Å². The van der Waals surface area contributed by atoms with E-state index in [1.165, 1.54) is 18.3 Å². The Hall–Kier alpha value is -1.97. The summed E-state index contributed by atoms with van der Waals surface area (Å²) in [5.74, 6) is -0.816. The lowest BCUT2D eigenvalue weighted by molar-refractivity contribution is -0.0105.